The van der Waals surface area contributed by atoms with E-state index in [9.17, 15) is 13.2 Å². The molecule has 35 heavy (non-hydrogen) atoms. The van der Waals surface area contributed by atoms with Gasteiger partial charge in [0.25, 0.3) is 5.91 Å². The number of carbonyl (C=O) groups is 1. The standard InChI is InChI=1S/C25H29N3O6S/c1-4-33-20-6-8-21(9-7-20)34-24-15-19(11-12-26-24)17-27-25(29)23-16-22(10-5-18(23)2)35(30,31)28-13-14-32-3/h5-12,15-16,28H,4,13-14,17H2,1-3H3,(H,27,29). The maximum atomic E-state index is 12.8. The lowest BCUT2D eigenvalue weighted by Gasteiger charge is -2.12. The summed E-state index contributed by atoms with van der Waals surface area (Å²) < 4.78 is 43.5. The number of carbonyl (C=O) groups excluding carboxylic acids is 1. The highest BCUT2D eigenvalue weighted by atomic mass is 32.2. The lowest BCUT2D eigenvalue weighted by Crippen LogP contribution is -2.28. The molecule has 1 aromatic heterocycles. The number of pyridine rings is 1. The first-order valence-electron chi connectivity index (χ1n) is 11.1. The van der Waals surface area contributed by atoms with Crippen molar-refractivity contribution in [3.05, 3.63) is 77.5 Å². The first-order valence-corrected chi connectivity index (χ1v) is 12.5. The largest absolute Gasteiger partial charge is 0.494 e. The van der Waals surface area contributed by atoms with E-state index in [1.807, 2.05) is 19.1 Å². The molecule has 0 saturated carbocycles. The topological polar surface area (TPSA) is 116 Å². The van der Waals surface area contributed by atoms with Crippen LogP contribution < -0.4 is 19.5 Å². The summed E-state index contributed by atoms with van der Waals surface area (Å²) in [5.74, 6) is 1.35. The fourth-order valence-corrected chi connectivity index (χ4v) is 4.20. The van der Waals surface area contributed by atoms with Crippen molar-refractivity contribution in [3.63, 3.8) is 0 Å². The van der Waals surface area contributed by atoms with E-state index in [0.29, 0.717) is 23.8 Å². The zero-order valence-corrected chi connectivity index (χ0v) is 20.7. The normalized spacial score (nSPS) is 11.2. The number of hydrogen-bond acceptors (Lipinski definition) is 7. The van der Waals surface area contributed by atoms with Crippen LogP contribution in [0.15, 0.2) is 65.7 Å². The first kappa shape index (κ1) is 26.1. The molecule has 2 N–H and O–H groups in total. The van der Waals surface area contributed by atoms with Gasteiger partial charge in [-0.05, 0) is 67.4 Å². The van der Waals surface area contributed by atoms with E-state index in [0.717, 1.165) is 11.3 Å². The molecule has 3 aromatic rings. The number of aromatic nitrogens is 1. The van der Waals surface area contributed by atoms with Gasteiger partial charge in [-0.15, -0.1) is 0 Å². The molecule has 1 amide bonds. The third-order valence-electron chi connectivity index (χ3n) is 4.97. The minimum atomic E-state index is -3.76. The van der Waals surface area contributed by atoms with Crippen LogP contribution in [-0.4, -0.2) is 46.2 Å². The Morgan fingerprint density at radius 1 is 1.03 bits per heavy atom. The van der Waals surface area contributed by atoms with Gasteiger partial charge in [-0.3, -0.25) is 4.79 Å². The second kappa shape index (κ2) is 12.3. The van der Waals surface area contributed by atoms with Gasteiger partial charge >= 0.3 is 0 Å². The Bertz CT molecular complexity index is 1250. The highest BCUT2D eigenvalue weighted by Gasteiger charge is 2.18. The molecule has 0 aliphatic heterocycles. The Morgan fingerprint density at radius 2 is 1.77 bits per heavy atom. The average Bonchev–Trinajstić information content (AvgIpc) is 2.84. The minimum absolute atomic E-state index is 0.0132. The molecule has 0 aliphatic carbocycles. The van der Waals surface area contributed by atoms with Gasteiger partial charge < -0.3 is 19.5 Å². The number of methoxy groups -OCH3 is 1. The third-order valence-corrected chi connectivity index (χ3v) is 6.43. The Kier molecular flexibility index (Phi) is 9.18. The van der Waals surface area contributed by atoms with Gasteiger partial charge in [-0.2, -0.15) is 0 Å². The predicted octanol–water partition coefficient (Wildman–Crippen LogP) is 3.44. The predicted molar refractivity (Wildman–Crippen MR) is 131 cm³/mol. The molecule has 0 atom stereocenters. The number of aryl methyl sites for hydroxylation is 1. The maximum absolute atomic E-state index is 12.8. The Morgan fingerprint density at radius 3 is 2.49 bits per heavy atom. The molecule has 0 aliphatic rings. The van der Waals surface area contributed by atoms with Crippen LogP contribution in [0.1, 0.15) is 28.4 Å². The summed E-state index contributed by atoms with van der Waals surface area (Å²) in [6, 6.07) is 15.1. The van der Waals surface area contributed by atoms with Gasteiger partial charge in [0.05, 0.1) is 18.1 Å². The fraction of sp³-hybridized carbons (Fsp3) is 0.280. The van der Waals surface area contributed by atoms with E-state index in [1.54, 1.807) is 43.5 Å². The van der Waals surface area contributed by atoms with Crippen molar-refractivity contribution >= 4 is 15.9 Å². The summed E-state index contributed by atoms with van der Waals surface area (Å²) in [5, 5.41) is 2.83. The van der Waals surface area contributed by atoms with E-state index in [-0.39, 0.29) is 36.1 Å². The molecule has 0 fully saturated rings. The van der Waals surface area contributed by atoms with Crippen LogP contribution in [0.4, 0.5) is 0 Å². The van der Waals surface area contributed by atoms with E-state index < -0.39 is 10.0 Å². The van der Waals surface area contributed by atoms with E-state index in [1.165, 1.54) is 19.2 Å². The van der Waals surface area contributed by atoms with Crippen molar-refractivity contribution in [2.45, 2.75) is 25.3 Å². The molecule has 0 saturated heterocycles. The van der Waals surface area contributed by atoms with Crippen LogP contribution in [0.3, 0.4) is 0 Å². The number of ether oxygens (including phenoxy) is 3. The smallest absolute Gasteiger partial charge is 0.251 e. The summed E-state index contributed by atoms with van der Waals surface area (Å²) >= 11 is 0. The Hall–Kier alpha value is -3.47. The van der Waals surface area contributed by atoms with Gasteiger partial charge in [-0.25, -0.2) is 18.1 Å². The lowest BCUT2D eigenvalue weighted by atomic mass is 10.1. The van der Waals surface area contributed by atoms with Gasteiger partial charge in [0.2, 0.25) is 15.9 Å². The third kappa shape index (κ3) is 7.51. The van der Waals surface area contributed by atoms with Crippen LogP contribution in [-0.2, 0) is 21.3 Å². The quantitative estimate of drug-likeness (QED) is 0.367. The van der Waals surface area contributed by atoms with Gasteiger partial charge in [0.15, 0.2) is 0 Å². The highest BCUT2D eigenvalue weighted by molar-refractivity contribution is 7.89. The molecule has 2 aromatic carbocycles. The minimum Gasteiger partial charge on any atom is -0.494 e. The number of rotatable bonds is 12. The number of nitrogens with zero attached hydrogens (tertiary/aromatic N) is 1. The van der Waals surface area contributed by atoms with Crippen LogP contribution >= 0.6 is 0 Å². The van der Waals surface area contributed by atoms with E-state index in [2.05, 4.69) is 15.0 Å². The molecule has 0 unspecified atom stereocenters. The Labute approximate surface area is 205 Å². The van der Waals surface area contributed by atoms with E-state index >= 15 is 0 Å². The van der Waals surface area contributed by atoms with Gasteiger partial charge in [0.1, 0.15) is 11.5 Å². The summed E-state index contributed by atoms with van der Waals surface area (Å²) in [6.45, 7) is 4.84. The summed E-state index contributed by atoms with van der Waals surface area (Å²) in [4.78, 5) is 17.1. The molecule has 9 nitrogen and oxygen atoms in total. The zero-order valence-electron chi connectivity index (χ0n) is 19.9. The molecule has 0 bridgehead atoms. The summed E-state index contributed by atoms with van der Waals surface area (Å²) in [7, 11) is -2.27. The summed E-state index contributed by atoms with van der Waals surface area (Å²) in [6.07, 6.45) is 1.59. The molecule has 1 heterocycles. The van der Waals surface area contributed by atoms with Crippen LogP contribution in [0.2, 0.25) is 0 Å². The molecule has 0 radical (unpaired) electrons. The van der Waals surface area contributed by atoms with Crippen molar-refractivity contribution in [2.24, 2.45) is 0 Å². The maximum Gasteiger partial charge on any atom is 0.251 e. The number of amides is 1. The van der Waals surface area contributed by atoms with Crippen LogP contribution in [0, 0.1) is 6.92 Å². The monoisotopic (exact) mass is 499 g/mol. The molecule has 10 heteroatoms. The number of nitrogens with one attached hydrogen (secondary N) is 2. The highest BCUT2D eigenvalue weighted by Crippen LogP contribution is 2.23. The molecular weight excluding hydrogens is 470 g/mol. The zero-order chi connectivity index (χ0) is 25.3. The number of benzene rings is 2. The second-order valence-electron chi connectivity index (χ2n) is 7.56. The molecule has 0 spiro atoms. The summed E-state index contributed by atoms with van der Waals surface area (Å²) in [5.41, 5.74) is 1.71. The van der Waals surface area contributed by atoms with Crippen molar-refractivity contribution in [1.82, 2.24) is 15.0 Å². The Balaban J connectivity index is 1.65. The van der Waals surface area contributed by atoms with Crippen molar-refractivity contribution in [1.29, 1.82) is 0 Å². The molecule has 186 valence electrons. The van der Waals surface area contributed by atoms with Gasteiger partial charge in [-0.1, -0.05) is 6.07 Å². The van der Waals surface area contributed by atoms with Gasteiger partial charge in [0, 0.05) is 38.0 Å². The lowest BCUT2D eigenvalue weighted by molar-refractivity contribution is 0.0950. The fourth-order valence-electron chi connectivity index (χ4n) is 3.16. The molecule has 3 rings (SSSR count). The van der Waals surface area contributed by atoms with Crippen LogP contribution in [0.5, 0.6) is 17.4 Å². The first-order chi connectivity index (χ1) is 16.8. The number of sulfonamides is 1. The van der Waals surface area contributed by atoms with Crippen molar-refractivity contribution in [3.8, 4) is 17.4 Å². The van der Waals surface area contributed by atoms with Crippen molar-refractivity contribution < 1.29 is 27.4 Å². The molecular formula is C25H29N3O6S. The van der Waals surface area contributed by atoms with Crippen LogP contribution in [0.25, 0.3) is 0 Å². The number of hydrogen-bond donors (Lipinski definition) is 2. The SMILES string of the molecule is CCOc1ccc(Oc2cc(CNC(=O)c3cc(S(=O)(=O)NCCOC)ccc3C)ccn2)cc1. The average molecular weight is 500 g/mol. The van der Waals surface area contributed by atoms with E-state index in [4.69, 9.17) is 14.2 Å². The van der Waals surface area contributed by atoms with Crippen molar-refractivity contribution in [2.75, 3.05) is 26.9 Å². The second-order valence-corrected chi connectivity index (χ2v) is 9.33.